The lowest BCUT2D eigenvalue weighted by atomic mass is 9.88. The first-order valence-corrected chi connectivity index (χ1v) is 12.7. The summed E-state index contributed by atoms with van der Waals surface area (Å²) in [7, 11) is 0. The van der Waals surface area contributed by atoms with Crippen molar-refractivity contribution in [2.24, 2.45) is 0 Å². The molecular formula is C33H42. The van der Waals surface area contributed by atoms with Crippen LogP contribution in [0.25, 0.3) is 43.4 Å². The Labute approximate surface area is 202 Å². The van der Waals surface area contributed by atoms with E-state index < -0.39 is 0 Å². The summed E-state index contributed by atoms with van der Waals surface area (Å²) in [5.74, 6) is 0. The van der Waals surface area contributed by atoms with Gasteiger partial charge in [-0.05, 0) is 62.0 Å². The van der Waals surface area contributed by atoms with Crippen molar-refractivity contribution in [1.29, 1.82) is 0 Å². The van der Waals surface area contributed by atoms with Gasteiger partial charge in [0.25, 0.3) is 0 Å². The number of fused-ring (bicyclic) bond motifs is 3. The molecule has 0 spiro atoms. The summed E-state index contributed by atoms with van der Waals surface area (Å²) in [6, 6.07) is 32.9. The van der Waals surface area contributed by atoms with Gasteiger partial charge in [0.05, 0.1) is 0 Å². The molecule has 5 aromatic rings. The monoisotopic (exact) mass is 438 g/mol. The third-order valence-electron chi connectivity index (χ3n) is 5.24. The Balaban J connectivity index is 0.000000619. The van der Waals surface area contributed by atoms with Crippen LogP contribution >= 0.6 is 0 Å². The number of aryl methyl sites for hydroxylation is 1. The largest absolute Gasteiger partial charge is 0.0683 e. The molecule has 0 unspecified atom stereocenters. The van der Waals surface area contributed by atoms with Crippen molar-refractivity contribution < 1.29 is 0 Å². The lowest BCUT2D eigenvalue weighted by molar-refractivity contribution is 1.50. The lowest BCUT2D eigenvalue weighted by Gasteiger charge is -2.15. The zero-order valence-corrected chi connectivity index (χ0v) is 22.2. The first-order chi connectivity index (χ1) is 16.3. The summed E-state index contributed by atoms with van der Waals surface area (Å²) >= 11 is 0. The zero-order chi connectivity index (χ0) is 24.8. The van der Waals surface area contributed by atoms with Crippen LogP contribution in [-0.2, 0) is 0 Å². The molecule has 0 aromatic heterocycles. The van der Waals surface area contributed by atoms with E-state index in [-0.39, 0.29) is 0 Å². The molecule has 0 aliphatic carbocycles. The fraction of sp³-hybridized carbons (Fsp3) is 0.273. The normalized spacial score (nSPS) is 9.36. The second-order valence-electron chi connectivity index (χ2n) is 6.65. The molecule has 0 atom stereocenters. The average molecular weight is 439 g/mol. The Morgan fingerprint density at radius 1 is 0.394 bits per heavy atom. The first kappa shape index (κ1) is 27.9. The average Bonchev–Trinajstić information content (AvgIpc) is 2.93. The quantitative estimate of drug-likeness (QED) is 0.228. The van der Waals surface area contributed by atoms with Crippen molar-refractivity contribution >= 4 is 32.3 Å². The van der Waals surface area contributed by atoms with E-state index >= 15 is 0 Å². The molecule has 0 saturated heterocycles. The van der Waals surface area contributed by atoms with Gasteiger partial charge in [-0.3, -0.25) is 0 Å². The topological polar surface area (TPSA) is 0 Å². The van der Waals surface area contributed by atoms with E-state index in [1.807, 2.05) is 55.4 Å². The second kappa shape index (κ2) is 14.9. The molecule has 33 heavy (non-hydrogen) atoms. The fourth-order valence-corrected chi connectivity index (χ4v) is 4.00. The Bertz CT molecular complexity index is 1190. The van der Waals surface area contributed by atoms with Crippen LogP contribution < -0.4 is 0 Å². The Morgan fingerprint density at radius 3 is 1.27 bits per heavy atom. The number of hydrogen-bond acceptors (Lipinski definition) is 0. The van der Waals surface area contributed by atoms with Gasteiger partial charge in [0.1, 0.15) is 0 Å². The predicted molar refractivity (Wildman–Crippen MR) is 155 cm³/mol. The summed E-state index contributed by atoms with van der Waals surface area (Å²) < 4.78 is 0. The smallest absolute Gasteiger partial charge is 0.00264 e. The maximum absolute atomic E-state index is 2.32. The maximum Gasteiger partial charge on any atom is -0.00264 e. The van der Waals surface area contributed by atoms with E-state index in [4.69, 9.17) is 0 Å². The molecule has 0 aliphatic heterocycles. The minimum atomic E-state index is 1.28. The number of benzene rings is 5. The van der Waals surface area contributed by atoms with Crippen molar-refractivity contribution in [3.05, 3.63) is 96.6 Å². The molecule has 0 bridgehead atoms. The molecule has 5 aromatic carbocycles. The van der Waals surface area contributed by atoms with Gasteiger partial charge in [-0.25, -0.2) is 0 Å². The van der Waals surface area contributed by atoms with Crippen LogP contribution in [0.1, 0.15) is 61.0 Å². The molecule has 0 radical (unpaired) electrons. The molecule has 0 N–H and O–H groups in total. The Kier molecular flexibility index (Phi) is 12.6. The van der Waals surface area contributed by atoms with Crippen molar-refractivity contribution in [3.63, 3.8) is 0 Å². The van der Waals surface area contributed by atoms with Crippen LogP contribution in [0.2, 0.25) is 0 Å². The molecule has 0 heterocycles. The summed E-state index contributed by atoms with van der Waals surface area (Å²) in [6.07, 6.45) is 0. The molecule has 0 amide bonds. The first-order valence-electron chi connectivity index (χ1n) is 12.7. The maximum atomic E-state index is 2.32. The summed E-state index contributed by atoms with van der Waals surface area (Å²) in [5, 5.41) is 7.90. The molecule has 0 nitrogen and oxygen atoms in total. The molecule has 0 fully saturated rings. The van der Waals surface area contributed by atoms with Gasteiger partial charge < -0.3 is 0 Å². The van der Waals surface area contributed by atoms with E-state index in [1.165, 1.54) is 49.0 Å². The van der Waals surface area contributed by atoms with Gasteiger partial charge >= 0.3 is 0 Å². The highest BCUT2D eigenvalue weighted by molar-refractivity contribution is 6.15. The Hall–Kier alpha value is -3.12. The second-order valence-corrected chi connectivity index (χ2v) is 6.65. The molecular weight excluding hydrogens is 396 g/mol. The van der Waals surface area contributed by atoms with E-state index in [0.717, 1.165) is 0 Å². The van der Waals surface area contributed by atoms with Crippen molar-refractivity contribution in [3.8, 4) is 11.1 Å². The zero-order valence-electron chi connectivity index (χ0n) is 22.2. The molecule has 0 aliphatic rings. The Morgan fingerprint density at radius 2 is 0.788 bits per heavy atom. The van der Waals surface area contributed by atoms with Gasteiger partial charge in [0.15, 0.2) is 0 Å². The van der Waals surface area contributed by atoms with Gasteiger partial charge in [0.2, 0.25) is 0 Å². The summed E-state index contributed by atoms with van der Waals surface area (Å²) in [5.41, 5.74) is 3.98. The van der Waals surface area contributed by atoms with Crippen LogP contribution in [0.15, 0.2) is 91.0 Å². The standard InChI is InChI=1S/C25H18.4C2H6/c1-17-21-10-4-6-12-23(21)25(24-13-7-5-11-22(17)24)20-15-14-18-8-2-3-9-19(18)16-20;4*1-2/h2-16H,1H3;4*1-2H3. The van der Waals surface area contributed by atoms with Gasteiger partial charge in [0, 0.05) is 0 Å². The predicted octanol–water partition coefficient (Wildman–Crippen LogP) is 11.2. The SMILES string of the molecule is CC.CC.CC.CC.Cc1c2ccccc2c(-c2ccc3ccccc3c2)c2ccccc12. The van der Waals surface area contributed by atoms with Crippen LogP contribution in [0.5, 0.6) is 0 Å². The highest BCUT2D eigenvalue weighted by atomic mass is 14.2. The van der Waals surface area contributed by atoms with Crippen molar-refractivity contribution in [1.82, 2.24) is 0 Å². The van der Waals surface area contributed by atoms with Gasteiger partial charge in [-0.1, -0.05) is 140 Å². The van der Waals surface area contributed by atoms with Crippen LogP contribution in [0, 0.1) is 6.92 Å². The number of hydrogen-bond donors (Lipinski definition) is 0. The van der Waals surface area contributed by atoms with E-state index in [0.29, 0.717) is 0 Å². The van der Waals surface area contributed by atoms with Crippen molar-refractivity contribution in [2.45, 2.75) is 62.3 Å². The minimum absolute atomic E-state index is 1.28. The van der Waals surface area contributed by atoms with Crippen molar-refractivity contribution in [2.75, 3.05) is 0 Å². The van der Waals surface area contributed by atoms with Gasteiger partial charge in [-0.15, -0.1) is 0 Å². The number of rotatable bonds is 1. The molecule has 0 heteroatoms. The highest BCUT2D eigenvalue weighted by Crippen LogP contribution is 2.39. The van der Waals surface area contributed by atoms with E-state index in [9.17, 15) is 0 Å². The lowest BCUT2D eigenvalue weighted by Crippen LogP contribution is -1.89. The molecule has 5 rings (SSSR count). The molecule has 174 valence electrons. The van der Waals surface area contributed by atoms with Gasteiger partial charge in [-0.2, -0.15) is 0 Å². The third-order valence-corrected chi connectivity index (χ3v) is 5.24. The summed E-state index contributed by atoms with van der Waals surface area (Å²) in [6.45, 7) is 18.2. The molecule has 0 saturated carbocycles. The third kappa shape index (κ3) is 6.02. The van der Waals surface area contributed by atoms with Crippen LogP contribution in [0.4, 0.5) is 0 Å². The highest BCUT2D eigenvalue weighted by Gasteiger charge is 2.12. The van der Waals surface area contributed by atoms with E-state index in [1.54, 1.807) is 0 Å². The minimum Gasteiger partial charge on any atom is -0.0683 e. The van der Waals surface area contributed by atoms with Crippen LogP contribution in [-0.4, -0.2) is 0 Å². The summed E-state index contributed by atoms with van der Waals surface area (Å²) in [4.78, 5) is 0. The van der Waals surface area contributed by atoms with Crippen LogP contribution in [0.3, 0.4) is 0 Å². The van der Waals surface area contributed by atoms with E-state index in [2.05, 4.69) is 97.9 Å². The fourth-order valence-electron chi connectivity index (χ4n) is 4.00.